The Kier molecular flexibility index (Phi) is 6.13. The van der Waals surface area contributed by atoms with Crippen LogP contribution in [0.4, 0.5) is 0 Å². The van der Waals surface area contributed by atoms with Gasteiger partial charge in [0, 0.05) is 12.1 Å². The Hall–Kier alpha value is -0.570. The van der Waals surface area contributed by atoms with Crippen molar-refractivity contribution in [2.45, 2.75) is 71.9 Å². The highest BCUT2D eigenvalue weighted by Crippen LogP contribution is 2.28. The van der Waals surface area contributed by atoms with Crippen molar-refractivity contribution in [3.8, 4) is 0 Å². The first-order valence-corrected chi connectivity index (χ1v) is 7.46. The van der Waals surface area contributed by atoms with Crippen LogP contribution in [0.3, 0.4) is 0 Å². The van der Waals surface area contributed by atoms with Crippen LogP contribution in [0.5, 0.6) is 0 Å². The van der Waals surface area contributed by atoms with E-state index in [9.17, 15) is 4.79 Å². The molecule has 4 atom stereocenters. The standard InChI is InChI=1S/C15H30N2O/c1-10(2)5-7-12(4)17-15(18)13-9-11(3)6-8-14(13)16/h10-14H,5-9,16H2,1-4H3,(H,17,18). The molecule has 0 heterocycles. The van der Waals surface area contributed by atoms with E-state index in [4.69, 9.17) is 5.73 Å². The van der Waals surface area contributed by atoms with Gasteiger partial charge in [0.25, 0.3) is 0 Å². The second kappa shape index (κ2) is 7.13. The normalized spacial score (nSPS) is 30.2. The van der Waals surface area contributed by atoms with Crippen LogP contribution in [-0.2, 0) is 4.79 Å². The number of hydrogen-bond donors (Lipinski definition) is 2. The average Bonchev–Trinajstić information content (AvgIpc) is 2.29. The molecule has 1 rings (SSSR count). The molecule has 106 valence electrons. The van der Waals surface area contributed by atoms with Crippen molar-refractivity contribution < 1.29 is 4.79 Å². The van der Waals surface area contributed by atoms with Crippen LogP contribution in [0.15, 0.2) is 0 Å². The monoisotopic (exact) mass is 254 g/mol. The van der Waals surface area contributed by atoms with Crippen LogP contribution < -0.4 is 11.1 Å². The van der Waals surface area contributed by atoms with Crippen LogP contribution in [0.1, 0.15) is 59.8 Å². The van der Waals surface area contributed by atoms with Gasteiger partial charge in [-0.3, -0.25) is 4.79 Å². The van der Waals surface area contributed by atoms with Gasteiger partial charge in [-0.25, -0.2) is 0 Å². The van der Waals surface area contributed by atoms with E-state index in [2.05, 4.69) is 33.0 Å². The first kappa shape index (κ1) is 15.5. The molecule has 1 aliphatic rings. The lowest BCUT2D eigenvalue weighted by atomic mass is 9.78. The summed E-state index contributed by atoms with van der Waals surface area (Å²) >= 11 is 0. The maximum atomic E-state index is 12.2. The summed E-state index contributed by atoms with van der Waals surface area (Å²) in [5.74, 6) is 1.52. The number of hydrogen-bond acceptors (Lipinski definition) is 2. The van der Waals surface area contributed by atoms with E-state index >= 15 is 0 Å². The molecule has 3 nitrogen and oxygen atoms in total. The third-order valence-corrected chi connectivity index (χ3v) is 4.07. The van der Waals surface area contributed by atoms with Crippen molar-refractivity contribution in [1.29, 1.82) is 0 Å². The first-order chi connectivity index (χ1) is 8.40. The van der Waals surface area contributed by atoms with Crippen molar-refractivity contribution >= 4 is 5.91 Å². The Bertz CT molecular complexity index is 265. The largest absolute Gasteiger partial charge is 0.353 e. The van der Waals surface area contributed by atoms with Gasteiger partial charge in [-0.1, -0.05) is 20.8 Å². The zero-order valence-corrected chi connectivity index (χ0v) is 12.4. The number of amides is 1. The summed E-state index contributed by atoms with van der Waals surface area (Å²) in [5.41, 5.74) is 6.08. The van der Waals surface area contributed by atoms with Gasteiger partial charge in [0.15, 0.2) is 0 Å². The third-order valence-electron chi connectivity index (χ3n) is 4.07. The first-order valence-electron chi connectivity index (χ1n) is 7.46. The van der Waals surface area contributed by atoms with Gasteiger partial charge in [0.2, 0.25) is 5.91 Å². The highest BCUT2D eigenvalue weighted by Gasteiger charge is 2.31. The molecule has 0 spiro atoms. The van der Waals surface area contributed by atoms with E-state index in [1.807, 2.05) is 0 Å². The molecule has 4 unspecified atom stereocenters. The van der Waals surface area contributed by atoms with E-state index < -0.39 is 0 Å². The van der Waals surface area contributed by atoms with Crippen LogP contribution >= 0.6 is 0 Å². The Morgan fingerprint density at radius 1 is 1.28 bits per heavy atom. The summed E-state index contributed by atoms with van der Waals surface area (Å²) in [7, 11) is 0. The fourth-order valence-electron chi connectivity index (χ4n) is 2.71. The third kappa shape index (κ3) is 4.97. The Labute approximate surface area is 112 Å². The molecule has 0 saturated heterocycles. The second-order valence-electron chi connectivity index (χ2n) is 6.57. The van der Waals surface area contributed by atoms with Crippen LogP contribution in [0.25, 0.3) is 0 Å². The van der Waals surface area contributed by atoms with Gasteiger partial charge in [-0.2, -0.15) is 0 Å². The number of nitrogens with two attached hydrogens (primary N) is 1. The molecule has 1 amide bonds. The smallest absolute Gasteiger partial charge is 0.224 e. The molecule has 3 N–H and O–H groups in total. The van der Waals surface area contributed by atoms with E-state index in [-0.39, 0.29) is 23.9 Å². The summed E-state index contributed by atoms with van der Waals surface area (Å²) in [6, 6.07) is 0.322. The molecule has 0 aromatic carbocycles. The van der Waals surface area contributed by atoms with Crippen LogP contribution in [0, 0.1) is 17.8 Å². The van der Waals surface area contributed by atoms with Gasteiger partial charge >= 0.3 is 0 Å². The molecule has 0 aromatic heterocycles. The van der Waals surface area contributed by atoms with Crippen molar-refractivity contribution in [3.63, 3.8) is 0 Å². The zero-order chi connectivity index (χ0) is 13.7. The van der Waals surface area contributed by atoms with Crippen molar-refractivity contribution in [3.05, 3.63) is 0 Å². The molecule has 3 heteroatoms. The minimum atomic E-state index is 0.0234. The Morgan fingerprint density at radius 3 is 2.56 bits per heavy atom. The molecular weight excluding hydrogens is 224 g/mol. The fourth-order valence-corrected chi connectivity index (χ4v) is 2.71. The minimum absolute atomic E-state index is 0.0234. The quantitative estimate of drug-likeness (QED) is 0.792. The van der Waals surface area contributed by atoms with Gasteiger partial charge in [0.1, 0.15) is 0 Å². The van der Waals surface area contributed by atoms with Crippen molar-refractivity contribution in [2.75, 3.05) is 0 Å². The Balaban J connectivity index is 2.38. The average molecular weight is 254 g/mol. The van der Waals surface area contributed by atoms with Gasteiger partial charge in [-0.15, -0.1) is 0 Å². The molecule has 1 aliphatic carbocycles. The number of rotatable bonds is 5. The summed E-state index contributed by atoms with van der Waals surface area (Å²) in [5, 5.41) is 3.14. The zero-order valence-electron chi connectivity index (χ0n) is 12.4. The van der Waals surface area contributed by atoms with Gasteiger partial charge < -0.3 is 11.1 Å². The molecule has 18 heavy (non-hydrogen) atoms. The molecule has 1 fully saturated rings. The summed E-state index contributed by atoms with van der Waals surface area (Å²) in [4.78, 5) is 12.2. The summed E-state index contributed by atoms with van der Waals surface area (Å²) in [6.45, 7) is 8.74. The lowest BCUT2D eigenvalue weighted by Gasteiger charge is -2.32. The second-order valence-corrected chi connectivity index (χ2v) is 6.57. The number of carbonyl (C=O) groups is 1. The van der Waals surface area contributed by atoms with E-state index in [1.54, 1.807) is 0 Å². The lowest BCUT2D eigenvalue weighted by molar-refractivity contribution is -0.127. The van der Waals surface area contributed by atoms with Crippen LogP contribution in [-0.4, -0.2) is 18.0 Å². The summed E-state index contributed by atoms with van der Waals surface area (Å²) < 4.78 is 0. The van der Waals surface area contributed by atoms with E-state index in [0.29, 0.717) is 11.8 Å². The highest BCUT2D eigenvalue weighted by atomic mass is 16.2. The highest BCUT2D eigenvalue weighted by molar-refractivity contribution is 5.79. The lowest BCUT2D eigenvalue weighted by Crippen LogP contribution is -2.47. The van der Waals surface area contributed by atoms with E-state index in [0.717, 1.165) is 32.1 Å². The predicted octanol–water partition coefficient (Wildman–Crippen LogP) is 2.69. The SMILES string of the molecule is CC(C)CCC(C)NC(=O)C1CC(C)CCC1N. The van der Waals surface area contributed by atoms with Crippen molar-refractivity contribution in [1.82, 2.24) is 5.32 Å². The molecular formula is C15H30N2O. The summed E-state index contributed by atoms with van der Waals surface area (Å²) in [6.07, 6.45) is 5.31. The number of nitrogens with one attached hydrogen (secondary N) is 1. The van der Waals surface area contributed by atoms with E-state index in [1.165, 1.54) is 0 Å². The maximum Gasteiger partial charge on any atom is 0.224 e. The predicted molar refractivity (Wildman–Crippen MR) is 76.2 cm³/mol. The topological polar surface area (TPSA) is 55.1 Å². The molecule has 0 bridgehead atoms. The fraction of sp³-hybridized carbons (Fsp3) is 0.933. The minimum Gasteiger partial charge on any atom is -0.353 e. The van der Waals surface area contributed by atoms with Crippen LogP contribution in [0.2, 0.25) is 0 Å². The van der Waals surface area contributed by atoms with Gasteiger partial charge in [-0.05, 0) is 50.9 Å². The van der Waals surface area contributed by atoms with Crippen molar-refractivity contribution in [2.24, 2.45) is 23.5 Å². The van der Waals surface area contributed by atoms with Gasteiger partial charge in [0.05, 0.1) is 5.92 Å². The molecule has 1 saturated carbocycles. The molecule has 0 radical (unpaired) electrons. The molecule has 0 aliphatic heterocycles. The maximum absolute atomic E-state index is 12.2. The number of carbonyl (C=O) groups excluding carboxylic acids is 1. The Morgan fingerprint density at radius 2 is 1.94 bits per heavy atom. The molecule has 0 aromatic rings.